The summed E-state index contributed by atoms with van der Waals surface area (Å²) in [4.78, 5) is 0. The van der Waals surface area contributed by atoms with Crippen LogP contribution in [0.3, 0.4) is 0 Å². The molecule has 0 spiro atoms. The van der Waals surface area contributed by atoms with Crippen molar-refractivity contribution in [1.82, 2.24) is 0 Å². The zero-order valence-corrected chi connectivity index (χ0v) is 27.7. The quantitative estimate of drug-likeness (QED) is 0.178. The van der Waals surface area contributed by atoms with Crippen molar-refractivity contribution in [3.63, 3.8) is 0 Å². The van der Waals surface area contributed by atoms with Gasteiger partial charge in [-0.25, -0.2) is 0 Å². The van der Waals surface area contributed by atoms with Crippen molar-refractivity contribution in [3.05, 3.63) is 131 Å². The molecule has 0 aromatic heterocycles. The van der Waals surface area contributed by atoms with Crippen LogP contribution in [0, 0.1) is 0 Å². The molecule has 0 amide bonds. The van der Waals surface area contributed by atoms with Gasteiger partial charge in [-0.1, -0.05) is 0 Å². The summed E-state index contributed by atoms with van der Waals surface area (Å²) in [5.74, 6) is 0. The van der Waals surface area contributed by atoms with Crippen LogP contribution in [0.25, 0.3) is 34.4 Å². The Morgan fingerprint density at radius 3 is 1.37 bits per heavy atom. The molecule has 4 aromatic carbocycles. The molecular weight excluding hydrogens is 639 g/mol. The van der Waals surface area contributed by atoms with Crippen molar-refractivity contribution in [2.45, 2.75) is 42.6 Å². The Bertz CT molecular complexity index is 1520. The molecule has 2 aliphatic carbocycles. The third kappa shape index (κ3) is 3.87. The molecule has 2 atom stereocenters. The number of fused-ring (bicyclic) bond motifs is 2. The van der Waals surface area contributed by atoms with Crippen molar-refractivity contribution < 1.29 is 17.1 Å². The predicted octanol–water partition coefficient (Wildman–Crippen LogP) is 10.7. The monoisotopic (exact) mass is 678 g/mol. The second-order valence-corrected chi connectivity index (χ2v) is 58.3. The van der Waals surface area contributed by atoms with Gasteiger partial charge in [0.25, 0.3) is 0 Å². The zero-order chi connectivity index (χ0) is 26.4. The number of rotatable bonds is 6. The fraction of sp³-hybridized carbons (Fsp3) is 0.222. The molecule has 4 aromatic rings. The first kappa shape index (κ1) is 25.7. The van der Waals surface area contributed by atoms with Crippen LogP contribution in [0.4, 0.5) is 0 Å². The summed E-state index contributed by atoms with van der Waals surface area (Å²) in [5, 5.41) is 0. The predicted molar refractivity (Wildman–Crippen MR) is 166 cm³/mol. The van der Waals surface area contributed by atoms with Gasteiger partial charge in [0.05, 0.1) is 0 Å². The second-order valence-electron chi connectivity index (χ2n) is 11.9. The molecule has 0 radical (unpaired) electrons. The van der Waals surface area contributed by atoms with E-state index in [9.17, 15) is 0 Å². The van der Waals surface area contributed by atoms with Gasteiger partial charge in [0.1, 0.15) is 0 Å². The molecule has 2 aliphatic rings. The van der Waals surface area contributed by atoms with Crippen molar-refractivity contribution in [2.24, 2.45) is 0 Å². The van der Waals surface area contributed by atoms with Gasteiger partial charge in [-0.2, -0.15) is 0 Å². The van der Waals surface area contributed by atoms with Gasteiger partial charge in [-0.15, -0.1) is 0 Å². The van der Waals surface area contributed by atoms with Crippen molar-refractivity contribution in [3.8, 4) is 22.3 Å². The number of hydrogen-bond acceptors (Lipinski definition) is 0. The average molecular weight is 677 g/mol. The standard InChI is InChI=1S/2C15H11.C4H10Si.2CH3.Hf/c2*1-2-6-12(7-3-1)14-10-4-8-13-9-5-11-15(13)14;1-3-5-4-2;;;/h2*1-11H;3-4H2,1-2H3;2*1H3;. The maximum absolute atomic E-state index is 3.73. The van der Waals surface area contributed by atoms with Crippen molar-refractivity contribution >= 4 is 17.6 Å². The van der Waals surface area contributed by atoms with Gasteiger partial charge in [0, 0.05) is 0 Å². The molecule has 0 heterocycles. The van der Waals surface area contributed by atoms with Crippen LogP contribution in [0.1, 0.15) is 43.5 Å². The van der Waals surface area contributed by atoms with Crippen LogP contribution in [-0.4, -0.2) is 5.49 Å². The summed E-state index contributed by atoms with van der Waals surface area (Å²) < 4.78 is 6.88. The third-order valence-corrected chi connectivity index (χ3v) is 68.0. The van der Waals surface area contributed by atoms with Crippen LogP contribution in [0.2, 0.25) is 21.4 Å². The maximum atomic E-state index is 2.86. The van der Waals surface area contributed by atoms with E-state index in [1.807, 2.05) is 0 Å². The summed E-state index contributed by atoms with van der Waals surface area (Å²) in [6, 6.07) is 38.8. The van der Waals surface area contributed by atoms with E-state index in [2.05, 4.69) is 145 Å². The van der Waals surface area contributed by atoms with E-state index >= 15 is 0 Å². The van der Waals surface area contributed by atoms with Gasteiger partial charge in [0.15, 0.2) is 0 Å². The normalized spacial score (nSPS) is 17.9. The molecule has 0 saturated heterocycles. The molecule has 190 valence electrons. The third-order valence-electron chi connectivity index (χ3n) is 9.91. The minimum atomic E-state index is -3.73. The van der Waals surface area contributed by atoms with Gasteiger partial charge in [-0.3, -0.25) is 0 Å². The summed E-state index contributed by atoms with van der Waals surface area (Å²) in [6.45, 7) is 4.97. The van der Waals surface area contributed by atoms with E-state index < -0.39 is 22.6 Å². The van der Waals surface area contributed by atoms with Crippen molar-refractivity contribution in [2.75, 3.05) is 0 Å². The molecule has 0 N–H and O–H groups in total. The Kier molecular flexibility index (Phi) is 6.69. The Hall–Kier alpha value is -2.55. The molecular formula is C36H38HfSi. The summed E-state index contributed by atoms with van der Waals surface area (Å²) >= 11 is -3.73. The molecule has 0 bridgehead atoms. The van der Waals surface area contributed by atoms with Gasteiger partial charge >= 0.3 is 231 Å². The fourth-order valence-electron chi connectivity index (χ4n) is 7.96. The summed E-state index contributed by atoms with van der Waals surface area (Å²) in [6.07, 6.45) is 10.3. The summed E-state index contributed by atoms with van der Waals surface area (Å²) in [7, 11) is 0. The van der Waals surface area contributed by atoms with Crippen LogP contribution < -0.4 is 0 Å². The Morgan fingerprint density at radius 1 is 0.553 bits per heavy atom. The van der Waals surface area contributed by atoms with E-state index in [1.54, 1.807) is 11.1 Å². The first-order valence-electron chi connectivity index (χ1n) is 14.2. The average Bonchev–Trinajstić information content (AvgIpc) is 3.61. The van der Waals surface area contributed by atoms with Gasteiger partial charge < -0.3 is 0 Å². The van der Waals surface area contributed by atoms with E-state index in [4.69, 9.17) is 0 Å². The first-order valence-corrected chi connectivity index (χ1v) is 32.9. The Balaban J connectivity index is 1.56. The number of hydrogen-bond donors (Lipinski definition) is 0. The molecule has 2 heteroatoms. The topological polar surface area (TPSA) is 0 Å². The molecule has 2 unspecified atom stereocenters. The van der Waals surface area contributed by atoms with E-state index in [-0.39, 0.29) is 0 Å². The van der Waals surface area contributed by atoms with E-state index in [0.717, 1.165) is 0 Å². The fourth-order valence-corrected chi connectivity index (χ4v) is 64.2. The first-order chi connectivity index (χ1) is 18.5. The molecule has 0 saturated carbocycles. The minimum absolute atomic E-state index is 0.544. The molecule has 38 heavy (non-hydrogen) atoms. The van der Waals surface area contributed by atoms with E-state index in [0.29, 0.717) is 7.35 Å². The van der Waals surface area contributed by atoms with Crippen LogP contribution >= 0.6 is 0 Å². The SMILES string of the molecule is CC[Si](CC)=[Hf]([CH3])([CH3])([CH]1C=Cc2c(-c3ccccc3)cccc21)[CH]1C=Cc2c(-c3ccccc3)cccc21. The summed E-state index contributed by atoms with van der Waals surface area (Å²) in [5.41, 5.74) is 11.0. The van der Waals surface area contributed by atoms with Gasteiger partial charge in [0.2, 0.25) is 0 Å². The molecule has 6 rings (SSSR count). The number of allylic oxidation sites excluding steroid dienone is 2. The van der Waals surface area contributed by atoms with Crippen molar-refractivity contribution in [1.29, 1.82) is 0 Å². The van der Waals surface area contributed by atoms with E-state index in [1.165, 1.54) is 45.5 Å². The second kappa shape index (κ2) is 9.88. The van der Waals surface area contributed by atoms with Gasteiger partial charge in [-0.05, 0) is 0 Å². The molecule has 0 fully saturated rings. The molecule has 0 aliphatic heterocycles. The van der Waals surface area contributed by atoms with Crippen LogP contribution in [0.5, 0.6) is 0 Å². The van der Waals surface area contributed by atoms with Crippen LogP contribution in [0.15, 0.2) is 109 Å². The van der Waals surface area contributed by atoms with Crippen LogP contribution in [-0.2, 0) is 17.1 Å². The number of benzene rings is 4. The Morgan fingerprint density at radius 2 is 0.974 bits per heavy atom. The molecule has 0 nitrogen and oxygen atoms in total. The zero-order valence-electron chi connectivity index (χ0n) is 23.1. The Labute approximate surface area is 229 Å².